The zero-order chi connectivity index (χ0) is 21.4. The monoisotopic (exact) mass is 434 g/mol. The maximum absolute atomic E-state index is 14.1. The number of ether oxygens (including phenoxy) is 1. The molecule has 0 saturated heterocycles. The van der Waals surface area contributed by atoms with Crippen molar-refractivity contribution >= 4 is 39.5 Å². The standard InChI is InChI=1S/C22H16ClFN6O/c1-31-17-6-5-14(24)8-15(17)18-13(7-12-3-2-4-16(23)19(12)30-18)9-25-21-20-22(27-10-26-20)29-11-28-21/h2-8,10-11H,9H2,1H3,(H2,25,26,27,28,29). The lowest BCUT2D eigenvalue weighted by Crippen LogP contribution is -2.06. The number of aromatic nitrogens is 5. The minimum Gasteiger partial charge on any atom is -0.496 e. The number of aromatic amines is 1. The lowest BCUT2D eigenvalue weighted by Gasteiger charge is -2.15. The molecule has 0 atom stereocenters. The van der Waals surface area contributed by atoms with Gasteiger partial charge in [0.1, 0.15) is 23.4 Å². The van der Waals surface area contributed by atoms with Crippen molar-refractivity contribution in [2.45, 2.75) is 6.54 Å². The fourth-order valence-corrected chi connectivity index (χ4v) is 3.74. The van der Waals surface area contributed by atoms with Crippen molar-refractivity contribution < 1.29 is 9.13 Å². The van der Waals surface area contributed by atoms with Gasteiger partial charge in [-0.2, -0.15) is 0 Å². The van der Waals surface area contributed by atoms with Crippen LogP contribution in [0.1, 0.15) is 5.56 Å². The zero-order valence-corrected chi connectivity index (χ0v) is 17.1. The molecule has 0 aliphatic heterocycles. The van der Waals surface area contributed by atoms with Crippen molar-refractivity contribution in [1.29, 1.82) is 0 Å². The van der Waals surface area contributed by atoms with Crippen LogP contribution >= 0.6 is 11.6 Å². The van der Waals surface area contributed by atoms with Crippen molar-refractivity contribution in [3.8, 4) is 17.0 Å². The number of nitrogens with one attached hydrogen (secondary N) is 2. The van der Waals surface area contributed by atoms with E-state index in [0.29, 0.717) is 51.1 Å². The molecule has 2 aromatic carbocycles. The van der Waals surface area contributed by atoms with Gasteiger partial charge in [-0.25, -0.2) is 24.3 Å². The SMILES string of the molecule is COc1ccc(F)cc1-c1nc2c(Cl)cccc2cc1CNc1ncnc2[nH]cnc12. The Labute approximate surface area is 181 Å². The first-order valence-electron chi connectivity index (χ1n) is 9.44. The van der Waals surface area contributed by atoms with E-state index in [4.69, 9.17) is 21.3 Å². The maximum Gasteiger partial charge on any atom is 0.162 e. The average Bonchev–Trinajstić information content (AvgIpc) is 3.27. The Balaban J connectivity index is 1.65. The van der Waals surface area contributed by atoms with E-state index in [1.807, 2.05) is 18.2 Å². The molecule has 0 saturated carbocycles. The van der Waals surface area contributed by atoms with E-state index >= 15 is 0 Å². The number of nitrogens with zero attached hydrogens (tertiary/aromatic N) is 4. The number of hydrogen-bond donors (Lipinski definition) is 2. The molecular weight excluding hydrogens is 419 g/mol. The fraction of sp³-hybridized carbons (Fsp3) is 0.0909. The van der Waals surface area contributed by atoms with Crippen LogP contribution in [0.25, 0.3) is 33.3 Å². The van der Waals surface area contributed by atoms with Crippen molar-refractivity contribution in [2.24, 2.45) is 0 Å². The molecule has 0 radical (unpaired) electrons. The van der Waals surface area contributed by atoms with Crippen molar-refractivity contribution in [1.82, 2.24) is 24.9 Å². The van der Waals surface area contributed by atoms with Gasteiger partial charge < -0.3 is 15.0 Å². The summed E-state index contributed by atoms with van der Waals surface area (Å²) in [6, 6.07) is 11.9. The summed E-state index contributed by atoms with van der Waals surface area (Å²) < 4.78 is 19.6. The van der Waals surface area contributed by atoms with Gasteiger partial charge in [0.05, 0.1) is 29.7 Å². The highest BCUT2D eigenvalue weighted by molar-refractivity contribution is 6.35. The summed E-state index contributed by atoms with van der Waals surface area (Å²) in [4.78, 5) is 20.5. The highest BCUT2D eigenvalue weighted by Gasteiger charge is 2.17. The molecule has 7 nitrogen and oxygen atoms in total. The first-order chi connectivity index (χ1) is 15.1. The van der Waals surface area contributed by atoms with Crippen LogP contribution in [0, 0.1) is 5.82 Å². The lowest BCUT2D eigenvalue weighted by molar-refractivity contribution is 0.415. The van der Waals surface area contributed by atoms with Gasteiger partial charge in [0.25, 0.3) is 0 Å². The molecule has 9 heteroatoms. The molecule has 2 N–H and O–H groups in total. The Morgan fingerprint density at radius 1 is 1.10 bits per heavy atom. The van der Waals surface area contributed by atoms with Crippen molar-refractivity contribution in [3.05, 3.63) is 71.5 Å². The summed E-state index contributed by atoms with van der Waals surface area (Å²) >= 11 is 6.39. The van der Waals surface area contributed by atoms with Gasteiger partial charge in [-0.05, 0) is 35.9 Å². The summed E-state index contributed by atoms with van der Waals surface area (Å²) in [5.41, 5.74) is 3.81. The average molecular weight is 435 g/mol. The summed E-state index contributed by atoms with van der Waals surface area (Å²) in [6.07, 6.45) is 3.02. The number of para-hydroxylation sites is 1. The fourth-order valence-electron chi connectivity index (χ4n) is 3.51. The molecule has 0 bridgehead atoms. The van der Waals surface area contributed by atoms with Gasteiger partial charge in [0, 0.05) is 17.5 Å². The number of hydrogen-bond acceptors (Lipinski definition) is 6. The van der Waals surface area contributed by atoms with Crippen LogP contribution in [0.2, 0.25) is 5.02 Å². The molecule has 0 unspecified atom stereocenters. The maximum atomic E-state index is 14.1. The number of benzene rings is 2. The topological polar surface area (TPSA) is 88.6 Å². The Morgan fingerprint density at radius 3 is 2.87 bits per heavy atom. The second-order valence-corrected chi connectivity index (χ2v) is 7.24. The zero-order valence-electron chi connectivity index (χ0n) is 16.4. The third-order valence-corrected chi connectivity index (χ3v) is 5.26. The molecule has 5 rings (SSSR count). The summed E-state index contributed by atoms with van der Waals surface area (Å²) in [5, 5.41) is 4.68. The number of H-pyrrole nitrogens is 1. The molecule has 3 aromatic heterocycles. The highest BCUT2D eigenvalue weighted by Crippen LogP contribution is 2.35. The van der Waals surface area contributed by atoms with E-state index in [2.05, 4.69) is 25.3 Å². The normalized spacial score (nSPS) is 11.2. The predicted molar refractivity (Wildman–Crippen MR) is 118 cm³/mol. The number of methoxy groups -OCH3 is 1. The predicted octanol–water partition coefficient (Wildman–Crippen LogP) is 4.98. The van der Waals surface area contributed by atoms with E-state index in [9.17, 15) is 4.39 Å². The van der Waals surface area contributed by atoms with Gasteiger partial charge in [0.15, 0.2) is 11.5 Å². The quantitative estimate of drug-likeness (QED) is 0.405. The minimum atomic E-state index is -0.384. The molecule has 3 heterocycles. The van der Waals surface area contributed by atoms with Crippen molar-refractivity contribution in [3.63, 3.8) is 0 Å². The molecule has 5 aromatic rings. The molecule has 0 aliphatic rings. The summed E-state index contributed by atoms with van der Waals surface area (Å²) in [7, 11) is 1.54. The van der Waals surface area contributed by atoms with Gasteiger partial charge in [-0.3, -0.25) is 0 Å². The molecule has 154 valence electrons. The van der Waals surface area contributed by atoms with E-state index in [1.54, 1.807) is 18.5 Å². The van der Waals surface area contributed by atoms with Crippen molar-refractivity contribution in [2.75, 3.05) is 12.4 Å². The smallest absolute Gasteiger partial charge is 0.162 e. The number of rotatable bonds is 5. The van der Waals surface area contributed by atoms with E-state index in [-0.39, 0.29) is 5.82 Å². The number of fused-ring (bicyclic) bond motifs is 2. The molecule has 0 spiro atoms. The molecular formula is C22H16ClFN6O. The Bertz CT molecular complexity index is 1420. The Morgan fingerprint density at radius 2 is 2.00 bits per heavy atom. The molecule has 0 amide bonds. The van der Waals surface area contributed by atoms with E-state index < -0.39 is 0 Å². The largest absolute Gasteiger partial charge is 0.496 e. The first-order valence-corrected chi connectivity index (χ1v) is 9.82. The van der Waals surface area contributed by atoms with Crippen LogP contribution in [0.5, 0.6) is 5.75 Å². The van der Waals surface area contributed by atoms with Gasteiger partial charge in [0.2, 0.25) is 0 Å². The number of imidazole rings is 1. The third-order valence-electron chi connectivity index (χ3n) is 4.96. The van der Waals surface area contributed by atoms with Gasteiger partial charge in [-0.15, -0.1) is 0 Å². The van der Waals surface area contributed by atoms with Gasteiger partial charge >= 0.3 is 0 Å². The summed E-state index contributed by atoms with van der Waals surface area (Å²) in [6.45, 7) is 0.365. The Kier molecular flexibility index (Phi) is 4.83. The second kappa shape index (κ2) is 7.81. The lowest BCUT2D eigenvalue weighted by atomic mass is 10.0. The number of pyridine rings is 1. The number of anilines is 1. The molecule has 0 aliphatic carbocycles. The highest BCUT2D eigenvalue weighted by atomic mass is 35.5. The van der Waals surface area contributed by atoms with Crippen LogP contribution in [0.4, 0.5) is 10.2 Å². The van der Waals surface area contributed by atoms with E-state index in [1.165, 1.54) is 25.6 Å². The minimum absolute atomic E-state index is 0.365. The third kappa shape index (κ3) is 3.51. The summed E-state index contributed by atoms with van der Waals surface area (Å²) in [5.74, 6) is 0.706. The van der Waals surface area contributed by atoms with Crippen LogP contribution in [0.3, 0.4) is 0 Å². The van der Waals surface area contributed by atoms with Gasteiger partial charge in [-0.1, -0.05) is 23.7 Å². The number of halogens is 2. The van der Waals surface area contributed by atoms with Crippen LogP contribution < -0.4 is 10.1 Å². The Hall–Kier alpha value is -3.78. The second-order valence-electron chi connectivity index (χ2n) is 6.83. The van der Waals surface area contributed by atoms with Crippen LogP contribution in [-0.4, -0.2) is 32.0 Å². The van der Waals surface area contributed by atoms with Crippen LogP contribution in [-0.2, 0) is 6.54 Å². The molecule has 31 heavy (non-hydrogen) atoms. The van der Waals surface area contributed by atoms with E-state index in [0.717, 1.165) is 10.9 Å². The molecule has 0 fully saturated rings. The first kappa shape index (κ1) is 19.2. The van der Waals surface area contributed by atoms with Crippen LogP contribution in [0.15, 0.2) is 55.1 Å².